The van der Waals surface area contributed by atoms with Crippen LogP contribution in [0, 0.1) is 6.92 Å². The molecule has 2 N–H and O–H groups in total. The van der Waals surface area contributed by atoms with E-state index in [-0.39, 0.29) is 17.1 Å². The van der Waals surface area contributed by atoms with Crippen LogP contribution in [0.15, 0.2) is 88.4 Å². The van der Waals surface area contributed by atoms with E-state index in [9.17, 15) is 13.2 Å². The predicted molar refractivity (Wildman–Crippen MR) is 115 cm³/mol. The fourth-order valence-corrected chi connectivity index (χ4v) is 4.05. The van der Waals surface area contributed by atoms with Gasteiger partial charge in [0.25, 0.3) is 5.91 Å². The van der Waals surface area contributed by atoms with Crippen molar-refractivity contribution in [1.82, 2.24) is 14.5 Å². The van der Waals surface area contributed by atoms with E-state index < -0.39 is 15.9 Å². The molecule has 1 amide bonds. The van der Waals surface area contributed by atoms with Crippen LogP contribution in [0.1, 0.15) is 21.9 Å². The zero-order chi connectivity index (χ0) is 21.8. The van der Waals surface area contributed by atoms with E-state index >= 15 is 0 Å². The highest BCUT2D eigenvalue weighted by molar-refractivity contribution is 7.89. The van der Waals surface area contributed by atoms with Crippen molar-refractivity contribution in [2.24, 2.45) is 0 Å². The smallest absolute Gasteiger partial charge is 0.276 e. The summed E-state index contributed by atoms with van der Waals surface area (Å²) in [6.45, 7) is 1.89. The average Bonchev–Trinajstić information content (AvgIpc) is 3.43. The van der Waals surface area contributed by atoms with Gasteiger partial charge in [-0.15, -0.1) is 0 Å². The third-order valence-corrected chi connectivity index (χ3v) is 5.94. The highest BCUT2D eigenvalue weighted by atomic mass is 32.2. The van der Waals surface area contributed by atoms with Crippen LogP contribution in [-0.4, -0.2) is 24.1 Å². The van der Waals surface area contributed by atoms with E-state index in [1.807, 2.05) is 37.3 Å². The maximum atomic E-state index is 12.7. The second-order valence-corrected chi connectivity index (χ2v) is 8.57. The van der Waals surface area contributed by atoms with Crippen molar-refractivity contribution in [2.75, 3.05) is 5.32 Å². The molecule has 31 heavy (non-hydrogen) atoms. The highest BCUT2D eigenvalue weighted by Gasteiger charge is 2.17. The Balaban J connectivity index is 1.49. The summed E-state index contributed by atoms with van der Waals surface area (Å²) in [6, 6.07) is 20.5. The summed E-state index contributed by atoms with van der Waals surface area (Å²) in [5.41, 5.74) is 2.22. The van der Waals surface area contributed by atoms with Crippen LogP contribution in [0.25, 0.3) is 5.69 Å². The molecule has 0 radical (unpaired) electrons. The fourth-order valence-electron chi connectivity index (χ4n) is 3.01. The van der Waals surface area contributed by atoms with Gasteiger partial charge in [-0.05, 0) is 55.5 Å². The molecule has 0 aliphatic heterocycles. The number of nitrogens with zero attached hydrogens (tertiary/aromatic N) is 2. The third kappa shape index (κ3) is 4.73. The Morgan fingerprint density at radius 1 is 1.03 bits per heavy atom. The molecular weight excluding hydrogens is 416 g/mol. The topological polar surface area (TPSA) is 106 Å². The first-order chi connectivity index (χ1) is 14.9. The minimum atomic E-state index is -3.78. The van der Waals surface area contributed by atoms with Crippen molar-refractivity contribution in [1.29, 1.82) is 0 Å². The van der Waals surface area contributed by atoms with E-state index in [2.05, 4.69) is 15.1 Å². The van der Waals surface area contributed by atoms with Crippen LogP contribution in [0.2, 0.25) is 0 Å². The molecule has 4 rings (SSSR count). The number of benzene rings is 2. The van der Waals surface area contributed by atoms with Crippen molar-refractivity contribution in [3.8, 4) is 5.69 Å². The van der Waals surface area contributed by atoms with E-state index in [1.165, 1.54) is 18.4 Å². The van der Waals surface area contributed by atoms with Gasteiger partial charge in [0, 0.05) is 11.4 Å². The van der Waals surface area contributed by atoms with Crippen LogP contribution in [-0.2, 0) is 16.6 Å². The molecule has 2 aromatic heterocycles. The maximum Gasteiger partial charge on any atom is 0.276 e. The van der Waals surface area contributed by atoms with Gasteiger partial charge in [-0.2, -0.15) is 5.10 Å². The summed E-state index contributed by atoms with van der Waals surface area (Å²) in [5.74, 6) is 0.0632. The van der Waals surface area contributed by atoms with Gasteiger partial charge in [-0.25, -0.2) is 17.8 Å². The lowest BCUT2D eigenvalue weighted by molar-refractivity contribution is 0.102. The predicted octanol–water partition coefficient (Wildman–Crippen LogP) is 3.50. The van der Waals surface area contributed by atoms with Gasteiger partial charge in [0.05, 0.1) is 23.4 Å². The number of nitrogens with one attached hydrogen (secondary N) is 2. The molecule has 0 atom stereocenters. The molecular formula is C22H20N4O4S. The summed E-state index contributed by atoms with van der Waals surface area (Å²) in [4.78, 5) is 12.7. The molecule has 0 fully saturated rings. The molecule has 0 spiro atoms. The number of carbonyl (C=O) groups is 1. The summed E-state index contributed by atoms with van der Waals surface area (Å²) in [7, 11) is -3.78. The number of hydrogen-bond acceptors (Lipinski definition) is 5. The molecule has 0 aliphatic carbocycles. The minimum absolute atomic E-state index is 0.0299. The molecule has 2 aromatic carbocycles. The number of aromatic nitrogens is 2. The zero-order valence-corrected chi connectivity index (χ0v) is 17.5. The van der Waals surface area contributed by atoms with Crippen molar-refractivity contribution >= 4 is 21.6 Å². The number of aryl methyl sites for hydroxylation is 1. The van der Waals surface area contributed by atoms with Crippen molar-refractivity contribution in [3.63, 3.8) is 0 Å². The van der Waals surface area contributed by atoms with Crippen LogP contribution in [0.3, 0.4) is 0 Å². The largest absolute Gasteiger partial charge is 0.468 e. The number of rotatable bonds is 7. The van der Waals surface area contributed by atoms with Crippen LogP contribution in [0.5, 0.6) is 0 Å². The van der Waals surface area contributed by atoms with Crippen LogP contribution >= 0.6 is 0 Å². The molecule has 0 saturated heterocycles. The summed E-state index contributed by atoms with van der Waals surface area (Å²) >= 11 is 0. The monoisotopic (exact) mass is 436 g/mol. The third-order valence-electron chi connectivity index (χ3n) is 4.54. The SMILES string of the molecule is Cc1cc(C(=O)Nc2cccc(S(=O)(=O)NCc3ccco3)c2)nn1-c1ccccc1. The lowest BCUT2D eigenvalue weighted by Gasteiger charge is -2.08. The van der Waals surface area contributed by atoms with Gasteiger partial charge in [0.1, 0.15) is 5.76 Å². The molecule has 4 aromatic rings. The Labute approximate surface area is 179 Å². The Bertz CT molecular complexity index is 1300. The van der Waals surface area contributed by atoms with Gasteiger partial charge >= 0.3 is 0 Å². The van der Waals surface area contributed by atoms with E-state index in [0.717, 1.165) is 11.4 Å². The molecule has 2 heterocycles. The van der Waals surface area contributed by atoms with Crippen molar-refractivity contribution in [2.45, 2.75) is 18.4 Å². The van der Waals surface area contributed by atoms with E-state index in [0.29, 0.717) is 11.4 Å². The molecule has 0 saturated carbocycles. The molecule has 0 bridgehead atoms. The quantitative estimate of drug-likeness (QED) is 0.461. The first kappa shape index (κ1) is 20.6. The lowest BCUT2D eigenvalue weighted by atomic mass is 10.3. The molecule has 0 aliphatic rings. The number of carbonyl (C=O) groups excluding carboxylic acids is 1. The van der Waals surface area contributed by atoms with Gasteiger partial charge < -0.3 is 9.73 Å². The van der Waals surface area contributed by atoms with E-state index in [4.69, 9.17) is 4.42 Å². The normalized spacial score (nSPS) is 11.4. The summed E-state index contributed by atoms with van der Waals surface area (Å²) in [6.07, 6.45) is 1.47. The number of para-hydroxylation sites is 1. The van der Waals surface area contributed by atoms with Crippen LogP contribution in [0.4, 0.5) is 5.69 Å². The Morgan fingerprint density at radius 2 is 1.84 bits per heavy atom. The summed E-state index contributed by atoms with van der Waals surface area (Å²) in [5, 5.41) is 7.08. The number of hydrogen-bond donors (Lipinski definition) is 2. The highest BCUT2D eigenvalue weighted by Crippen LogP contribution is 2.18. The average molecular weight is 436 g/mol. The van der Waals surface area contributed by atoms with Crippen molar-refractivity contribution in [3.05, 3.63) is 96.2 Å². The number of amides is 1. The second-order valence-electron chi connectivity index (χ2n) is 6.80. The Morgan fingerprint density at radius 3 is 2.58 bits per heavy atom. The zero-order valence-electron chi connectivity index (χ0n) is 16.6. The molecule has 9 heteroatoms. The molecule has 0 unspecified atom stereocenters. The summed E-state index contributed by atoms with van der Waals surface area (Å²) < 4.78 is 34.4. The van der Waals surface area contributed by atoms with Gasteiger partial charge in [0.2, 0.25) is 10.0 Å². The fraction of sp³-hybridized carbons (Fsp3) is 0.0909. The van der Waals surface area contributed by atoms with Crippen molar-refractivity contribution < 1.29 is 17.6 Å². The second kappa shape index (κ2) is 8.58. The number of sulfonamides is 1. The van der Waals surface area contributed by atoms with E-state index in [1.54, 1.807) is 35.0 Å². The first-order valence-electron chi connectivity index (χ1n) is 9.48. The Kier molecular flexibility index (Phi) is 5.70. The molecule has 8 nitrogen and oxygen atoms in total. The number of furan rings is 1. The maximum absolute atomic E-state index is 12.7. The van der Waals surface area contributed by atoms with Gasteiger partial charge in [-0.1, -0.05) is 24.3 Å². The Hall–Kier alpha value is -3.69. The van der Waals surface area contributed by atoms with Crippen LogP contribution < -0.4 is 10.0 Å². The van der Waals surface area contributed by atoms with Gasteiger partial charge in [0.15, 0.2) is 5.69 Å². The minimum Gasteiger partial charge on any atom is -0.468 e. The number of anilines is 1. The lowest BCUT2D eigenvalue weighted by Crippen LogP contribution is -2.23. The standard InChI is InChI=1S/C22H20N4O4S/c1-16-13-21(25-26(16)18-8-3-2-4-9-18)22(27)24-17-7-5-11-20(14-17)31(28,29)23-15-19-10-6-12-30-19/h2-14,23H,15H2,1H3,(H,24,27). The van der Waals surface area contributed by atoms with Gasteiger partial charge in [-0.3, -0.25) is 4.79 Å². The first-order valence-corrected chi connectivity index (χ1v) is 11.0. The molecule has 158 valence electrons.